The highest BCUT2D eigenvalue weighted by molar-refractivity contribution is 5.94. The van der Waals surface area contributed by atoms with Crippen LogP contribution in [0.3, 0.4) is 0 Å². The summed E-state index contributed by atoms with van der Waals surface area (Å²) >= 11 is 0. The molecule has 5 rings (SSSR count). The number of fused-ring (bicyclic) bond motifs is 2. The Kier molecular flexibility index (Phi) is 3.08. The summed E-state index contributed by atoms with van der Waals surface area (Å²) in [6.07, 6.45) is 4.52. The molecule has 0 spiro atoms. The van der Waals surface area contributed by atoms with E-state index in [2.05, 4.69) is 15.1 Å². The predicted molar refractivity (Wildman–Crippen MR) is 83.9 cm³/mol. The van der Waals surface area contributed by atoms with Crippen molar-refractivity contribution in [1.29, 1.82) is 0 Å². The number of hydrogen-bond donors (Lipinski definition) is 0. The Hall–Kier alpha value is -3.30. The first-order valence-corrected chi connectivity index (χ1v) is 7.90. The van der Waals surface area contributed by atoms with Gasteiger partial charge in [-0.05, 0) is 12.1 Å². The minimum absolute atomic E-state index is 0.129. The summed E-state index contributed by atoms with van der Waals surface area (Å²) in [5, 5.41) is 3.99. The van der Waals surface area contributed by atoms with E-state index in [-0.39, 0.29) is 23.2 Å². The highest BCUT2D eigenvalue weighted by Crippen LogP contribution is 2.29. The first kappa shape index (κ1) is 15.0. The Bertz CT molecular complexity index is 1040. The minimum Gasteiger partial charge on any atom is -0.494 e. The average molecular weight is 358 g/mol. The molecule has 2 aliphatic rings. The van der Waals surface area contributed by atoms with E-state index in [1.807, 2.05) is 6.08 Å². The van der Waals surface area contributed by atoms with Crippen molar-refractivity contribution in [2.45, 2.75) is 12.5 Å². The van der Waals surface area contributed by atoms with Gasteiger partial charge in [0, 0.05) is 11.8 Å². The summed E-state index contributed by atoms with van der Waals surface area (Å²) in [5.74, 6) is 0.474. The number of hydrogen-bond acceptors (Lipinski definition) is 5. The second-order valence-corrected chi connectivity index (χ2v) is 6.08. The maximum atomic E-state index is 13.4. The van der Waals surface area contributed by atoms with E-state index in [9.17, 15) is 13.6 Å². The van der Waals surface area contributed by atoms with Crippen LogP contribution in [0, 0.1) is 0 Å². The van der Waals surface area contributed by atoms with Crippen molar-refractivity contribution >= 4 is 11.6 Å². The number of carbonyl (C=O) groups is 1. The third kappa shape index (κ3) is 2.11. The van der Waals surface area contributed by atoms with E-state index >= 15 is 0 Å². The van der Waals surface area contributed by atoms with E-state index in [4.69, 9.17) is 4.74 Å². The summed E-state index contributed by atoms with van der Waals surface area (Å²) in [5.41, 5.74) is 0.653. The minimum atomic E-state index is -2.70. The van der Waals surface area contributed by atoms with Crippen LogP contribution < -0.4 is 0 Å². The molecule has 0 saturated carbocycles. The fourth-order valence-corrected chi connectivity index (χ4v) is 3.30. The molecule has 0 radical (unpaired) electrons. The number of amides is 1. The van der Waals surface area contributed by atoms with Crippen molar-refractivity contribution < 1.29 is 18.3 Å². The zero-order valence-corrected chi connectivity index (χ0v) is 13.3. The van der Waals surface area contributed by atoms with Crippen molar-refractivity contribution in [3.63, 3.8) is 0 Å². The monoisotopic (exact) mass is 358 g/mol. The fraction of sp³-hybridized carbons (Fsp3) is 0.250. The average Bonchev–Trinajstić information content (AvgIpc) is 3.43. The number of rotatable bonds is 3. The summed E-state index contributed by atoms with van der Waals surface area (Å²) in [6, 6.07) is 1.17. The van der Waals surface area contributed by atoms with Crippen LogP contribution >= 0.6 is 0 Å². The Labute approximate surface area is 145 Å². The fourth-order valence-electron chi connectivity index (χ4n) is 3.30. The Balaban J connectivity index is 1.64. The quantitative estimate of drug-likeness (QED) is 0.711. The van der Waals surface area contributed by atoms with Crippen LogP contribution in [-0.2, 0) is 4.74 Å². The molecule has 0 fully saturated rings. The van der Waals surface area contributed by atoms with Crippen molar-refractivity contribution in [2.24, 2.45) is 0 Å². The lowest BCUT2D eigenvalue weighted by molar-refractivity contribution is 0.0551. The molecule has 3 aromatic heterocycles. The summed E-state index contributed by atoms with van der Waals surface area (Å²) < 4.78 is 34.9. The molecule has 1 atom stereocenters. The predicted octanol–water partition coefficient (Wildman–Crippen LogP) is 1.59. The molecule has 10 heteroatoms. The van der Waals surface area contributed by atoms with Gasteiger partial charge in [0.05, 0.1) is 18.8 Å². The third-order valence-electron chi connectivity index (χ3n) is 4.55. The topological polar surface area (TPSA) is 77.5 Å². The lowest BCUT2D eigenvalue weighted by Crippen LogP contribution is -2.41. The number of pyridine rings is 1. The van der Waals surface area contributed by atoms with E-state index < -0.39 is 6.43 Å². The molecule has 5 heterocycles. The van der Waals surface area contributed by atoms with Gasteiger partial charge in [-0.2, -0.15) is 5.10 Å². The third-order valence-corrected chi connectivity index (χ3v) is 4.55. The zero-order valence-electron chi connectivity index (χ0n) is 13.3. The zero-order chi connectivity index (χ0) is 17.8. The lowest BCUT2D eigenvalue weighted by atomic mass is 10.2. The van der Waals surface area contributed by atoms with Crippen LogP contribution in [0.2, 0.25) is 0 Å². The van der Waals surface area contributed by atoms with E-state index in [1.54, 1.807) is 4.90 Å². The number of morpholine rings is 1. The molecule has 2 aliphatic heterocycles. The number of aromatic nitrogens is 5. The van der Waals surface area contributed by atoms with Crippen LogP contribution in [0.5, 0.6) is 0 Å². The molecule has 0 saturated heterocycles. The van der Waals surface area contributed by atoms with Gasteiger partial charge in [0.2, 0.25) is 0 Å². The summed E-state index contributed by atoms with van der Waals surface area (Å²) in [6.45, 7) is 0.797. The molecule has 132 valence electrons. The summed E-state index contributed by atoms with van der Waals surface area (Å²) in [7, 11) is 0. The molecule has 0 aliphatic carbocycles. The Morgan fingerprint density at radius 1 is 1.38 bits per heavy atom. The number of imidazole rings is 1. The van der Waals surface area contributed by atoms with Crippen LogP contribution in [0.15, 0.2) is 42.9 Å². The maximum Gasteiger partial charge on any atom is 0.273 e. The number of ether oxygens (including phenoxy) is 1. The van der Waals surface area contributed by atoms with Crippen LogP contribution in [-0.4, -0.2) is 54.1 Å². The molecule has 26 heavy (non-hydrogen) atoms. The van der Waals surface area contributed by atoms with Crippen molar-refractivity contribution in [1.82, 2.24) is 29.0 Å². The molecular formula is C16H12F2N6O2. The molecular weight excluding hydrogens is 346 g/mol. The molecule has 0 aromatic carbocycles. The summed E-state index contributed by atoms with van der Waals surface area (Å²) in [4.78, 5) is 22.7. The van der Waals surface area contributed by atoms with Gasteiger partial charge >= 0.3 is 0 Å². The first-order chi connectivity index (χ1) is 12.6. The first-order valence-electron chi connectivity index (χ1n) is 7.90. The van der Waals surface area contributed by atoms with Crippen LogP contribution in [0.4, 0.5) is 8.78 Å². The van der Waals surface area contributed by atoms with Gasteiger partial charge in [-0.25, -0.2) is 23.4 Å². The highest BCUT2D eigenvalue weighted by atomic mass is 19.3. The van der Waals surface area contributed by atoms with Gasteiger partial charge in [0.25, 0.3) is 12.3 Å². The second-order valence-electron chi connectivity index (χ2n) is 6.08. The second kappa shape index (κ2) is 5.35. The Morgan fingerprint density at radius 3 is 2.92 bits per heavy atom. The molecule has 2 bridgehead atoms. The number of halogens is 2. The van der Waals surface area contributed by atoms with Crippen molar-refractivity contribution in [2.75, 3.05) is 13.2 Å². The number of alkyl halides is 2. The van der Waals surface area contributed by atoms with Gasteiger partial charge < -0.3 is 9.64 Å². The van der Waals surface area contributed by atoms with Gasteiger partial charge in [-0.1, -0.05) is 0 Å². The number of nitrogens with zero attached hydrogens (tertiary/aromatic N) is 6. The highest BCUT2D eigenvalue weighted by Gasteiger charge is 2.37. The van der Waals surface area contributed by atoms with Gasteiger partial charge in [0.1, 0.15) is 36.4 Å². The van der Waals surface area contributed by atoms with E-state index in [0.717, 1.165) is 5.76 Å². The molecule has 8 nitrogen and oxygen atoms in total. The standard InChI is InChI=1S/C16H12F2N6O2/c17-14(18)9-1-12(24-8-19-7-21-24)15-20-3-13(23(15)4-9)16(25)22-5-11-2-10(22)6-26-11/h1-4,7-8,10,14H,5-6H2. The van der Waals surface area contributed by atoms with Crippen molar-refractivity contribution in [3.05, 3.63) is 54.2 Å². The largest absolute Gasteiger partial charge is 0.494 e. The SMILES string of the molecule is O=C(c1cnc2c(-n3cncn3)cc(C(F)F)cn12)N1CC2=CC1CO2. The van der Waals surface area contributed by atoms with E-state index in [0.29, 0.717) is 24.5 Å². The molecule has 1 amide bonds. The lowest BCUT2D eigenvalue weighted by Gasteiger charge is -2.27. The smallest absolute Gasteiger partial charge is 0.273 e. The Morgan fingerprint density at radius 2 is 2.27 bits per heavy atom. The van der Waals surface area contributed by atoms with Crippen LogP contribution in [0.1, 0.15) is 22.5 Å². The van der Waals surface area contributed by atoms with Crippen molar-refractivity contribution in [3.8, 4) is 5.69 Å². The van der Waals surface area contributed by atoms with Gasteiger partial charge in [-0.3, -0.25) is 9.20 Å². The number of carbonyl (C=O) groups excluding carboxylic acids is 1. The van der Waals surface area contributed by atoms with Gasteiger partial charge in [0.15, 0.2) is 5.65 Å². The van der Waals surface area contributed by atoms with Crippen LogP contribution in [0.25, 0.3) is 11.3 Å². The molecule has 0 N–H and O–H groups in total. The van der Waals surface area contributed by atoms with E-state index in [1.165, 1.54) is 40.2 Å². The molecule has 3 aromatic rings. The maximum absolute atomic E-state index is 13.4. The molecule has 1 unspecified atom stereocenters. The van der Waals surface area contributed by atoms with Gasteiger partial charge in [-0.15, -0.1) is 0 Å². The normalized spacial score (nSPS) is 18.7.